The van der Waals surface area contributed by atoms with Crippen LogP contribution < -0.4 is 0 Å². The maximum absolute atomic E-state index is 9.82. The molecule has 0 aromatic heterocycles. The third kappa shape index (κ3) is 2.79. The number of likely N-dealkylation sites (N-methyl/N-ethyl adjacent to an activating group) is 2. The predicted octanol–water partition coefficient (Wildman–Crippen LogP) is 0.169. The van der Waals surface area contributed by atoms with E-state index in [1.807, 2.05) is 0 Å². The predicted molar refractivity (Wildman–Crippen MR) is 54.7 cm³/mol. The van der Waals surface area contributed by atoms with Crippen molar-refractivity contribution in [1.29, 1.82) is 0 Å². The highest BCUT2D eigenvalue weighted by atomic mass is 16.3. The van der Waals surface area contributed by atoms with Crippen molar-refractivity contribution in [3.8, 4) is 0 Å². The Balaban J connectivity index is 2.49. The van der Waals surface area contributed by atoms with Gasteiger partial charge in [-0.15, -0.1) is 6.58 Å². The fourth-order valence-corrected chi connectivity index (χ4v) is 1.79. The molecule has 1 N–H and O–H groups in total. The molecule has 13 heavy (non-hydrogen) atoms. The summed E-state index contributed by atoms with van der Waals surface area (Å²) in [6.07, 6.45) is 2.20. The molecule has 1 aliphatic heterocycles. The van der Waals surface area contributed by atoms with Gasteiger partial charge in [0, 0.05) is 25.7 Å². The van der Waals surface area contributed by atoms with E-state index >= 15 is 0 Å². The summed E-state index contributed by atoms with van der Waals surface area (Å²) >= 11 is 0. The van der Waals surface area contributed by atoms with Gasteiger partial charge in [-0.3, -0.25) is 4.90 Å². The van der Waals surface area contributed by atoms with E-state index in [1.54, 1.807) is 6.08 Å². The largest absolute Gasteiger partial charge is 0.391 e. The molecular formula is C10H20N2O. The molecule has 2 atom stereocenters. The average Bonchev–Trinajstić information content (AvgIpc) is 2.09. The van der Waals surface area contributed by atoms with E-state index in [0.717, 1.165) is 19.6 Å². The molecule has 0 saturated carbocycles. The molecule has 0 bridgehead atoms. The highest BCUT2D eigenvalue weighted by Gasteiger charge is 2.27. The van der Waals surface area contributed by atoms with Gasteiger partial charge in [0.1, 0.15) is 0 Å². The normalized spacial score (nSPS) is 28.7. The minimum absolute atomic E-state index is 0.261. The van der Waals surface area contributed by atoms with Gasteiger partial charge in [-0.1, -0.05) is 6.08 Å². The standard InChI is InChI=1S/C10H20N2O/c1-4-5-10(13)9-8-11(2)6-7-12(9)3/h4,9-10,13H,1,5-8H2,2-3H3. The molecule has 0 aromatic carbocycles. The van der Waals surface area contributed by atoms with Gasteiger partial charge in [-0.2, -0.15) is 0 Å². The van der Waals surface area contributed by atoms with E-state index in [1.165, 1.54) is 0 Å². The summed E-state index contributed by atoms with van der Waals surface area (Å²) in [5.74, 6) is 0. The minimum Gasteiger partial charge on any atom is -0.391 e. The third-order valence-corrected chi connectivity index (χ3v) is 2.75. The van der Waals surface area contributed by atoms with Crippen LogP contribution in [0, 0.1) is 0 Å². The summed E-state index contributed by atoms with van der Waals surface area (Å²) < 4.78 is 0. The Morgan fingerprint density at radius 1 is 1.54 bits per heavy atom. The molecule has 0 aliphatic carbocycles. The first kappa shape index (κ1) is 10.7. The maximum Gasteiger partial charge on any atom is 0.0741 e. The van der Waals surface area contributed by atoms with Crippen molar-refractivity contribution in [2.45, 2.75) is 18.6 Å². The first-order chi connectivity index (χ1) is 6.15. The van der Waals surface area contributed by atoms with Crippen molar-refractivity contribution in [2.75, 3.05) is 33.7 Å². The van der Waals surface area contributed by atoms with Crippen LogP contribution in [-0.2, 0) is 0 Å². The Bertz CT molecular complexity index is 172. The van der Waals surface area contributed by atoms with Crippen LogP contribution >= 0.6 is 0 Å². The van der Waals surface area contributed by atoms with Crippen molar-refractivity contribution in [3.63, 3.8) is 0 Å². The molecule has 1 heterocycles. The fourth-order valence-electron chi connectivity index (χ4n) is 1.79. The van der Waals surface area contributed by atoms with Gasteiger partial charge in [-0.05, 0) is 20.5 Å². The number of nitrogens with zero attached hydrogens (tertiary/aromatic N) is 2. The zero-order chi connectivity index (χ0) is 9.84. The quantitative estimate of drug-likeness (QED) is 0.633. The molecular weight excluding hydrogens is 164 g/mol. The van der Waals surface area contributed by atoms with Gasteiger partial charge in [0.2, 0.25) is 0 Å². The summed E-state index contributed by atoms with van der Waals surface area (Å²) in [6, 6.07) is 0.261. The van der Waals surface area contributed by atoms with Crippen LogP contribution in [-0.4, -0.2) is 60.8 Å². The van der Waals surface area contributed by atoms with E-state index in [4.69, 9.17) is 0 Å². The van der Waals surface area contributed by atoms with Crippen LogP contribution in [0.15, 0.2) is 12.7 Å². The Morgan fingerprint density at radius 3 is 2.85 bits per heavy atom. The number of rotatable bonds is 3. The topological polar surface area (TPSA) is 26.7 Å². The van der Waals surface area contributed by atoms with Crippen LogP contribution in [0.5, 0.6) is 0 Å². The lowest BCUT2D eigenvalue weighted by Gasteiger charge is -2.39. The van der Waals surface area contributed by atoms with Gasteiger partial charge in [0.05, 0.1) is 6.10 Å². The third-order valence-electron chi connectivity index (χ3n) is 2.75. The summed E-state index contributed by atoms with van der Waals surface area (Å²) in [5, 5.41) is 9.82. The van der Waals surface area contributed by atoms with Gasteiger partial charge >= 0.3 is 0 Å². The van der Waals surface area contributed by atoms with Crippen LogP contribution in [0.2, 0.25) is 0 Å². The Kier molecular flexibility index (Phi) is 3.90. The lowest BCUT2D eigenvalue weighted by Crippen LogP contribution is -2.54. The van der Waals surface area contributed by atoms with Gasteiger partial charge in [0.25, 0.3) is 0 Å². The van der Waals surface area contributed by atoms with E-state index in [-0.39, 0.29) is 12.1 Å². The van der Waals surface area contributed by atoms with Gasteiger partial charge in [0.15, 0.2) is 0 Å². The second kappa shape index (κ2) is 4.74. The summed E-state index contributed by atoms with van der Waals surface area (Å²) in [4.78, 5) is 4.49. The van der Waals surface area contributed by atoms with Crippen molar-refractivity contribution in [2.24, 2.45) is 0 Å². The zero-order valence-electron chi connectivity index (χ0n) is 8.61. The minimum atomic E-state index is -0.273. The van der Waals surface area contributed by atoms with Crippen LogP contribution in [0.4, 0.5) is 0 Å². The summed E-state index contributed by atoms with van der Waals surface area (Å²) in [6.45, 7) is 6.73. The highest BCUT2D eigenvalue weighted by Crippen LogP contribution is 2.12. The van der Waals surface area contributed by atoms with Crippen molar-refractivity contribution < 1.29 is 5.11 Å². The number of hydrogen-bond acceptors (Lipinski definition) is 3. The molecule has 1 aliphatic rings. The monoisotopic (exact) mass is 184 g/mol. The first-order valence-corrected chi connectivity index (χ1v) is 4.83. The molecule has 0 aromatic rings. The Labute approximate surface area is 80.6 Å². The Hall–Kier alpha value is -0.380. The second-order valence-corrected chi connectivity index (χ2v) is 3.90. The molecule has 0 amide bonds. The van der Waals surface area contributed by atoms with Crippen LogP contribution in [0.3, 0.4) is 0 Å². The molecule has 2 unspecified atom stereocenters. The molecule has 1 rings (SSSR count). The molecule has 3 nitrogen and oxygen atoms in total. The number of aliphatic hydroxyl groups excluding tert-OH is 1. The van der Waals surface area contributed by atoms with Gasteiger partial charge < -0.3 is 10.0 Å². The lowest BCUT2D eigenvalue weighted by atomic mass is 10.0. The maximum atomic E-state index is 9.82. The fraction of sp³-hybridized carbons (Fsp3) is 0.800. The van der Waals surface area contributed by atoms with Crippen LogP contribution in [0.1, 0.15) is 6.42 Å². The second-order valence-electron chi connectivity index (χ2n) is 3.90. The van der Waals surface area contributed by atoms with Crippen molar-refractivity contribution in [3.05, 3.63) is 12.7 Å². The Morgan fingerprint density at radius 2 is 2.23 bits per heavy atom. The number of hydrogen-bond donors (Lipinski definition) is 1. The van der Waals surface area contributed by atoms with Crippen molar-refractivity contribution in [1.82, 2.24) is 9.80 Å². The van der Waals surface area contributed by atoms with E-state index in [0.29, 0.717) is 6.42 Å². The lowest BCUT2D eigenvalue weighted by molar-refractivity contribution is 0.0166. The molecule has 1 fully saturated rings. The molecule has 76 valence electrons. The smallest absolute Gasteiger partial charge is 0.0741 e. The van der Waals surface area contributed by atoms with Crippen molar-refractivity contribution >= 4 is 0 Å². The average molecular weight is 184 g/mol. The van der Waals surface area contributed by atoms with Crippen LogP contribution in [0.25, 0.3) is 0 Å². The van der Waals surface area contributed by atoms with E-state index in [2.05, 4.69) is 30.5 Å². The molecule has 0 radical (unpaired) electrons. The number of piperazine rings is 1. The van der Waals surface area contributed by atoms with E-state index in [9.17, 15) is 5.11 Å². The van der Waals surface area contributed by atoms with E-state index < -0.39 is 0 Å². The zero-order valence-corrected chi connectivity index (χ0v) is 8.61. The number of aliphatic hydroxyl groups is 1. The molecule has 1 saturated heterocycles. The highest BCUT2D eigenvalue weighted by molar-refractivity contribution is 4.87. The first-order valence-electron chi connectivity index (χ1n) is 4.83. The van der Waals surface area contributed by atoms with Gasteiger partial charge in [-0.25, -0.2) is 0 Å². The molecule has 3 heteroatoms. The molecule has 0 spiro atoms. The SMILES string of the molecule is C=CCC(O)C1CN(C)CCN1C. The summed E-state index contributed by atoms with van der Waals surface area (Å²) in [5.41, 5.74) is 0. The summed E-state index contributed by atoms with van der Waals surface area (Å²) in [7, 11) is 4.17.